The number of hydrogen-bond donors (Lipinski definition) is 1. The normalized spacial score (nSPS) is 10.4. The molecule has 1 aromatic heterocycles. The van der Waals surface area contributed by atoms with Crippen LogP contribution < -0.4 is 5.32 Å². The standard InChI is InChI=1S/C8H15N5S/c1-3-7-14-8-10-11-12-13(8)6-5-9-4-2/h3,9H,1,4-7H2,2H3. The number of hydrogen-bond acceptors (Lipinski definition) is 5. The van der Waals surface area contributed by atoms with E-state index in [-0.39, 0.29) is 0 Å². The Morgan fingerprint density at radius 2 is 2.50 bits per heavy atom. The second kappa shape index (κ2) is 6.56. The molecule has 0 unspecified atom stereocenters. The molecule has 0 saturated carbocycles. The van der Waals surface area contributed by atoms with Crippen LogP contribution in [-0.4, -0.2) is 39.0 Å². The zero-order valence-corrected chi connectivity index (χ0v) is 9.13. The Bertz CT molecular complexity index is 272. The first-order valence-corrected chi connectivity index (χ1v) is 5.57. The Kier molecular flexibility index (Phi) is 5.24. The molecular formula is C8H15N5S. The molecule has 1 heterocycles. The minimum atomic E-state index is 0.806. The zero-order valence-electron chi connectivity index (χ0n) is 8.31. The van der Waals surface area contributed by atoms with Crippen LogP contribution in [0.25, 0.3) is 0 Å². The second-order valence-electron chi connectivity index (χ2n) is 2.64. The lowest BCUT2D eigenvalue weighted by molar-refractivity contribution is 0.518. The van der Waals surface area contributed by atoms with Crippen molar-refractivity contribution in [3.8, 4) is 0 Å². The van der Waals surface area contributed by atoms with Crippen molar-refractivity contribution in [2.24, 2.45) is 0 Å². The van der Waals surface area contributed by atoms with E-state index in [0.717, 1.165) is 30.5 Å². The van der Waals surface area contributed by atoms with E-state index in [1.54, 1.807) is 16.4 Å². The number of rotatable bonds is 7. The SMILES string of the molecule is C=CCSc1nnnn1CCNCC. The second-order valence-corrected chi connectivity index (χ2v) is 3.62. The van der Waals surface area contributed by atoms with Crippen molar-refractivity contribution in [2.75, 3.05) is 18.8 Å². The topological polar surface area (TPSA) is 55.6 Å². The van der Waals surface area contributed by atoms with Gasteiger partial charge in [0.25, 0.3) is 0 Å². The Hall–Kier alpha value is -0.880. The number of tetrazole rings is 1. The summed E-state index contributed by atoms with van der Waals surface area (Å²) in [4.78, 5) is 0. The predicted molar refractivity (Wildman–Crippen MR) is 57.3 cm³/mol. The quantitative estimate of drug-likeness (QED) is 0.407. The molecule has 1 aromatic rings. The van der Waals surface area contributed by atoms with Crippen molar-refractivity contribution in [2.45, 2.75) is 18.6 Å². The van der Waals surface area contributed by atoms with Crippen molar-refractivity contribution >= 4 is 11.8 Å². The summed E-state index contributed by atoms with van der Waals surface area (Å²) < 4.78 is 1.80. The van der Waals surface area contributed by atoms with Crippen LogP contribution in [0.4, 0.5) is 0 Å². The highest BCUT2D eigenvalue weighted by Crippen LogP contribution is 2.12. The minimum Gasteiger partial charge on any atom is -0.315 e. The van der Waals surface area contributed by atoms with Gasteiger partial charge in [-0.05, 0) is 17.0 Å². The highest BCUT2D eigenvalue weighted by Gasteiger charge is 2.04. The molecule has 0 aliphatic carbocycles. The van der Waals surface area contributed by atoms with E-state index in [0.29, 0.717) is 0 Å². The number of likely N-dealkylation sites (N-methyl/N-ethyl adjacent to an activating group) is 1. The van der Waals surface area contributed by atoms with E-state index in [1.165, 1.54) is 0 Å². The molecule has 0 amide bonds. The van der Waals surface area contributed by atoms with E-state index in [2.05, 4.69) is 34.3 Å². The summed E-state index contributed by atoms with van der Waals surface area (Å²) in [5.74, 6) is 0.835. The van der Waals surface area contributed by atoms with Crippen molar-refractivity contribution in [3.63, 3.8) is 0 Å². The summed E-state index contributed by atoms with van der Waals surface area (Å²) in [6.45, 7) is 8.40. The smallest absolute Gasteiger partial charge is 0.209 e. The Balaban J connectivity index is 2.40. The van der Waals surface area contributed by atoms with Gasteiger partial charge in [-0.1, -0.05) is 24.8 Å². The minimum absolute atomic E-state index is 0.806. The lowest BCUT2D eigenvalue weighted by atomic mass is 10.6. The molecule has 1 rings (SSSR count). The molecule has 78 valence electrons. The van der Waals surface area contributed by atoms with Crippen LogP contribution in [0.15, 0.2) is 17.8 Å². The summed E-state index contributed by atoms with van der Waals surface area (Å²) >= 11 is 1.59. The molecule has 0 aromatic carbocycles. The van der Waals surface area contributed by atoms with Crippen molar-refractivity contribution in [1.82, 2.24) is 25.5 Å². The number of thioether (sulfide) groups is 1. The highest BCUT2D eigenvalue weighted by molar-refractivity contribution is 7.99. The molecular weight excluding hydrogens is 198 g/mol. The van der Waals surface area contributed by atoms with Gasteiger partial charge in [-0.25, -0.2) is 4.68 Å². The first-order chi connectivity index (χ1) is 6.88. The van der Waals surface area contributed by atoms with Gasteiger partial charge in [0.1, 0.15) is 0 Å². The van der Waals surface area contributed by atoms with Crippen LogP contribution in [0.5, 0.6) is 0 Å². The van der Waals surface area contributed by atoms with Gasteiger partial charge in [-0.3, -0.25) is 0 Å². The highest BCUT2D eigenvalue weighted by atomic mass is 32.2. The summed E-state index contributed by atoms with van der Waals surface area (Å²) in [6, 6.07) is 0. The van der Waals surface area contributed by atoms with Crippen LogP contribution in [0, 0.1) is 0 Å². The average Bonchev–Trinajstić information content (AvgIpc) is 2.63. The molecule has 6 heteroatoms. The number of nitrogens with zero attached hydrogens (tertiary/aromatic N) is 4. The molecule has 0 aliphatic rings. The van der Waals surface area contributed by atoms with E-state index >= 15 is 0 Å². The summed E-state index contributed by atoms with van der Waals surface area (Å²) in [5, 5.41) is 15.5. The maximum Gasteiger partial charge on any atom is 0.209 e. The van der Waals surface area contributed by atoms with Gasteiger partial charge in [0.05, 0.1) is 6.54 Å². The van der Waals surface area contributed by atoms with Gasteiger partial charge in [-0.15, -0.1) is 11.7 Å². The van der Waals surface area contributed by atoms with Crippen LogP contribution in [0.2, 0.25) is 0 Å². The Morgan fingerprint density at radius 1 is 1.64 bits per heavy atom. The molecule has 0 fully saturated rings. The monoisotopic (exact) mass is 213 g/mol. The van der Waals surface area contributed by atoms with Crippen LogP contribution in [-0.2, 0) is 6.54 Å². The number of nitrogens with one attached hydrogen (secondary N) is 1. The molecule has 14 heavy (non-hydrogen) atoms. The van der Waals surface area contributed by atoms with Crippen molar-refractivity contribution in [3.05, 3.63) is 12.7 Å². The van der Waals surface area contributed by atoms with Crippen LogP contribution >= 0.6 is 11.8 Å². The third kappa shape index (κ3) is 3.47. The average molecular weight is 213 g/mol. The van der Waals surface area contributed by atoms with E-state index < -0.39 is 0 Å². The number of aromatic nitrogens is 4. The Morgan fingerprint density at radius 3 is 3.21 bits per heavy atom. The lowest BCUT2D eigenvalue weighted by Gasteiger charge is -2.03. The molecule has 0 radical (unpaired) electrons. The molecule has 0 spiro atoms. The third-order valence-corrected chi connectivity index (χ3v) is 2.53. The van der Waals surface area contributed by atoms with E-state index in [9.17, 15) is 0 Å². The van der Waals surface area contributed by atoms with Crippen LogP contribution in [0.1, 0.15) is 6.92 Å². The maximum atomic E-state index is 3.92. The van der Waals surface area contributed by atoms with Crippen molar-refractivity contribution < 1.29 is 0 Å². The van der Waals surface area contributed by atoms with E-state index in [1.807, 2.05) is 6.08 Å². The third-order valence-electron chi connectivity index (χ3n) is 1.58. The maximum absolute atomic E-state index is 3.92. The van der Waals surface area contributed by atoms with Gasteiger partial charge in [0, 0.05) is 12.3 Å². The Labute approximate surface area is 88.0 Å². The fourth-order valence-electron chi connectivity index (χ4n) is 0.935. The molecule has 0 bridgehead atoms. The molecule has 5 nitrogen and oxygen atoms in total. The molecule has 1 N–H and O–H groups in total. The van der Waals surface area contributed by atoms with Gasteiger partial charge in [0.15, 0.2) is 0 Å². The van der Waals surface area contributed by atoms with Gasteiger partial charge < -0.3 is 5.32 Å². The fourth-order valence-corrected chi connectivity index (χ4v) is 1.57. The molecule has 0 saturated heterocycles. The molecule has 0 aliphatic heterocycles. The van der Waals surface area contributed by atoms with Gasteiger partial charge in [-0.2, -0.15) is 0 Å². The summed E-state index contributed by atoms with van der Waals surface area (Å²) in [6.07, 6.45) is 1.84. The largest absolute Gasteiger partial charge is 0.315 e. The molecule has 0 atom stereocenters. The first-order valence-electron chi connectivity index (χ1n) is 4.59. The van der Waals surface area contributed by atoms with Crippen molar-refractivity contribution in [1.29, 1.82) is 0 Å². The van der Waals surface area contributed by atoms with Gasteiger partial charge >= 0.3 is 0 Å². The zero-order chi connectivity index (χ0) is 10.2. The van der Waals surface area contributed by atoms with E-state index in [4.69, 9.17) is 0 Å². The van der Waals surface area contributed by atoms with Gasteiger partial charge in [0.2, 0.25) is 5.16 Å². The summed E-state index contributed by atoms with van der Waals surface area (Å²) in [5.41, 5.74) is 0. The first kappa shape index (κ1) is 11.2. The fraction of sp³-hybridized carbons (Fsp3) is 0.625. The lowest BCUT2D eigenvalue weighted by Crippen LogP contribution is -2.20. The predicted octanol–water partition coefficient (Wildman–Crippen LogP) is 0.561. The summed E-state index contributed by atoms with van der Waals surface area (Å²) in [7, 11) is 0. The van der Waals surface area contributed by atoms with Crippen LogP contribution in [0.3, 0.4) is 0 Å².